The van der Waals surface area contributed by atoms with E-state index in [0.717, 1.165) is 0 Å². The van der Waals surface area contributed by atoms with Crippen LogP contribution in [0.25, 0.3) is 0 Å². The molecular weight excluding hydrogens is 174 g/mol. The van der Waals surface area contributed by atoms with Crippen molar-refractivity contribution in [2.75, 3.05) is 6.26 Å². The van der Waals surface area contributed by atoms with Gasteiger partial charge in [0.25, 0.3) is 10.1 Å². The maximum absolute atomic E-state index is 9.82. The summed E-state index contributed by atoms with van der Waals surface area (Å²) >= 11 is 0. The van der Waals surface area contributed by atoms with E-state index in [4.69, 9.17) is 9.76 Å². The van der Waals surface area contributed by atoms with E-state index in [2.05, 4.69) is 0 Å². The fourth-order valence-electron chi connectivity index (χ4n) is 0.0791. The monoisotopic (exact) mass is 185 g/mol. The van der Waals surface area contributed by atoms with Crippen LogP contribution in [0, 0.1) is 0 Å². The summed E-state index contributed by atoms with van der Waals surface area (Å²) in [5.41, 5.74) is 1.48. The minimum Gasteiger partial charge on any atom is -0.289 e. The van der Waals surface area contributed by atoms with Crippen molar-refractivity contribution in [2.45, 2.75) is 13.3 Å². The first-order valence-electron chi connectivity index (χ1n) is 2.66. The largest absolute Gasteiger partial charge is 0.289 e. The molecular formula is C4H11NO5S. The predicted octanol–water partition coefficient (Wildman–Crippen LogP) is -0.594. The first kappa shape index (κ1) is 13.0. The minimum absolute atomic E-state index is 0.330. The Hall–Kier alpha value is -0.660. The molecule has 6 nitrogen and oxygen atoms in total. The molecule has 0 heterocycles. The summed E-state index contributed by atoms with van der Waals surface area (Å²) in [6, 6.07) is 0. The molecule has 11 heavy (non-hydrogen) atoms. The van der Waals surface area contributed by atoms with Crippen molar-refractivity contribution >= 4 is 16.0 Å². The zero-order chi connectivity index (χ0) is 9.49. The van der Waals surface area contributed by atoms with E-state index in [1.165, 1.54) is 5.48 Å². The third kappa shape index (κ3) is 45.1. The Morgan fingerprint density at radius 2 is 1.82 bits per heavy atom. The molecule has 7 heteroatoms. The third-order valence-corrected chi connectivity index (χ3v) is 0.446. The van der Waals surface area contributed by atoms with Crippen molar-refractivity contribution in [3.63, 3.8) is 0 Å². The summed E-state index contributed by atoms with van der Waals surface area (Å²) in [5.74, 6) is -0.352. The summed E-state index contributed by atoms with van der Waals surface area (Å²) in [6.07, 6.45) is 1.05. The lowest BCUT2D eigenvalue weighted by molar-refractivity contribution is -0.128. The first-order valence-corrected chi connectivity index (χ1v) is 4.51. The van der Waals surface area contributed by atoms with Crippen molar-refractivity contribution < 1.29 is 23.0 Å². The van der Waals surface area contributed by atoms with Gasteiger partial charge in [-0.25, -0.2) is 5.48 Å². The van der Waals surface area contributed by atoms with Crippen molar-refractivity contribution in [3.05, 3.63) is 0 Å². The average molecular weight is 185 g/mol. The Morgan fingerprint density at radius 1 is 1.55 bits per heavy atom. The second-order valence-corrected chi connectivity index (χ2v) is 3.09. The number of rotatable bonds is 1. The molecule has 0 fully saturated rings. The summed E-state index contributed by atoms with van der Waals surface area (Å²) < 4.78 is 25.9. The van der Waals surface area contributed by atoms with Crippen molar-refractivity contribution in [1.29, 1.82) is 0 Å². The Bertz CT molecular complexity index is 183. The molecule has 0 aromatic rings. The van der Waals surface area contributed by atoms with Crippen LogP contribution in [0.3, 0.4) is 0 Å². The van der Waals surface area contributed by atoms with Crippen molar-refractivity contribution in [3.8, 4) is 0 Å². The molecule has 3 N–H and O–H groups in total. The second kappa shape index (κ2) is 6.08. The number of amides is 1. The molecule has 0 aliphatic rings. The number of hydroxylamine groups is 1. The van der Waals surface area contributed by atoms with Gasteiger partial charge in [-0.2, -0.15) is 8.42 Å². The third-order valence-electron chi connectivity index (χ3n) is 0.446. The lowest BCUT2D eigenvalue weighted by atomic mass is 10.5. The normalized spacial score (nSPS) is 9.45. The second-order valence-electron chi connectivity index (χ2n) is 1.62. The maximum atomic E-state index is 9.82. The number of hydrogen-bond acceptors (Lipinski definition) is 4. The van der Waals surface area contributed by atoms with Gasteiger partial charge in [-0.3, -0.25) is 14.6 Å². The first-order chi connectivity index (χ1) is 4.81. The molecule has 0 radical (unpaired) electrons. The van der Waals surface area contributed by atoms with Crippen LogP contribution >= 0.6 is 0 Å². The Balaban J connectivity index is 0. The highest BCUT2D eigenvalue weighted by Crippen LogP contribution is 1.68. The summed E-state index contributed by atoms with van der Waals surface area (Å²) in [5, 5.41) is 7.74. The van der Waals surface area contributed by atoms with E-state index in [1.807, 2.05) is 0 Å². The van der Waals surface area contributed by atoms with E-state index >= 15 is 0 Å². The van der Waals surface area contributed by atoms with E-state index < -0.39 is 10.1 Å². The number of carbonyl (C=O) groups excluding carboxylic acids is 1. The van der Waals surface area contributed by atoms with Crippen LogP contribution < -0.4 is 5.48 Å². The zero-order valence-corrected chi connectivity index (χ0v) is 7.05. The molecule has 0 rings (SSSR count). The fraction of sp³-hybridized carbons (Fsp3) is 0.750. The topological polar surface area (TPSA) is 104 Å². The van der Waals surface area contributed by atoms with Gasteiger partial charge in [0.1, 0.15) is 0 Å². The molecule has 0 atom stereocenters. The van der Waals surface area contributed by atoms with Gasteiger partial charge >= 0.3 is 0 Å². The maximum Gasteiger partial charge on any atom is 0.261 e. The van der Waals surface area contributed by atoms with Gasteiger partial charge in [-0.05, 0) is 0 Å². The molecule has 0 bridgehead atoms. The molecule has 1 amide bonds. The Kier molecular flexibility index (Phi) is 7.16. The van der Waals surface area contributed by atoms with E-state index in [1.54, 1.807) is 6.92 Å². The van der Waals surface area contributed by atoms with Crippen molar-refractivity contribution in [1.82, 2.24) is 5.48 Å². The lowest BCUT2D eigenvalue weighted by Gasteiger charge is -1.85. The van der Waals surface area contributed by atoms with Gasteiger partial charge in [-0.15, -0.1) is 0 Å². The number of carbonyl (C=O) groups is 1. The Morgan fingerprint density at radius 3 is 1.82 bits per heavy atom. The lowest BCUT2D eigenvalue weighted by Crippen LogP contribution is -2.16. The molecule has 0 unspecified atom stereocenters. The van der Waals surface area contributed by atoms with Crippen LogP contribution in [0.1, 0.15) is 13.3 Å². The van der Waals surface area contributed by atoms with Crippen LogP contribution in [-0.2, 0) is 14.9 Å². The van der Waals surface area contributed by atoms with Crippen LogP contribution in [-0.4, -0.2) is 30.3 Å². The highest BCUT2D eigenvalue weighted by atomic mass is 32.2. The molecule has 0 spiro atoms. The van der Waals surface area contributed by atoms with Gasteiger partial charge in [0, 0.05) is 6.42 Å². The molecule has 0 aliphatic carbocycles. The number of nitrogens with one attached hydrogen (secondary N) is 1. The Labute approximate surface area is 64.9 Å². The van der Waals surface area contributed by atoms with Crippen molar-refractivity contribution in [2.24, 2.45) is 0 Å². The summed E-state index contributed by atoms with van der Waals surface area (Å²) in [7, 11) is -3.67. The summed E-state index contributed by atoms with van der Waals surface area (Å²) in [4.78, 5) is 9.82. The van der Waals surface area contributed by atoms with Crippen LogP contribution in [0.4, 0.5) is 0 Å². The van der Waals surface area contributed by atoms with Gasteiger partial charge in [0.05, 0.1) is 6.26 Å². The SMILES string of the molecule is CCC(=O)NO.CS(=O)(=O)O. The quantitative estimate of drug-likeness (QED) is 0.287. The zero-order valence-electron chi connectivity index (χ0n) is 6.23. The van der Waals surface area contributed by atoms with Crippen LogP contribution in [0.15, 0.2) is 0 Å². The molecule has 68 valence electrons. The number of hydrogen-bond donors (Lipinski definition) is 3. The van der Waals surface area contributed by atoms with Crippen LogP contribution in [0.5, 0.6) is 0 Å². The summed E-state index contributed by atoms with van der Waals surface area (Å²) in [6.45, 7) is 1.66. The highest BCUT2D eigenvalue weighted by Gasteiger charge is 1.86. The standard InChI is InChI=1S/C3H7NO2.CH4O3S/c1-2-3(5)4-6;1-5(2,3)4/h6H,2H2,1H3,(H,4,5);1H3,(H,2,3,4). The molecule has 0 saturated carbocycles. The molecule has 0 saturated heterocycles. The average Bonchev–Trinajstić information content (AvgIpc) is 1.83. The van der Waals surface area contributed by atoms with Gasteiger partial charge in [0.15, 0.2) is 0 Å². The minimum atomic E-state index is -3.67. The van der Waals surface area contributed by atoms with Crippen LogP contribution in [0.2, 0.25) is 0 Å². The highest BCUT2D eigenvalue weighted by molar-refractivity contribution is 7.85. The van der Waals surface area contributed by atoms with E-state index in [9.17, 15) is 13.2 Å². The molecule has 0 aromatic carbocycles. The fourth-order valence-corrected chi connectivity index (χ4v) is 0.0791. The molecule has 0 aliphatic heterocycles. The van der Waals surface area contributed by atoms with Gasteiger partial charge in [0.2, 0.25) is 5.91 Å². The molecule has 0 aromatic heterocycles. The van der Waals surface area contributed by atoms with Gasteiger partial charge in [-0.1, -0.05) is 6.92 Å². The van der Waals surface area contributed by atoms with E-state index in [0.29, 0.717) is 12.7 Å². The predicted molar refractivity (Wildman–Crippen MR) is 37.7 cm³/mol. The van der Waals surface area contributed by atoms with E-state index in [-0.39, 0.29) is 5.91 Å². The smallest absolute Gasteiger partial charge is 0.261 e. The van der Waals surface area contributed by atoms with Gasteiger partial charge < -0.3 is 0 Å².